The second kappa shape index (κ2) is 5.85. The minimum atomic E-state index is -0.131. The summed E-state index contributed by atoms with van der Waals surface area (Å²) in [6.07, 6.45) is 5.58. The molecule has 3 heterocycles. The molecule has 5 nitrogen and oxygen atoms in total. The normalized spacial score (nSPS) is 20.6. The fraction of sp³-hybridized carbons (Fsp3) is 0.500. The molecule has 6 heteroatoms. The Morgan fingerprint density at radius 1 is 1.50 bits per heavy atom. The number of nitrogens with zero attached hydrogens (tertiary/aromatic N) is 2. The van der Waals surface area contributed by atoms with Crippen molar-refractivity contribution in [2.45, 2.75) is 31.9 Å². The fourth-order valence-corrected chi connectivity index (χ4v) is 3.47. The largest absolute Gasteiger partial charge is 0.370 e. The van der Waals surface area contributed by atoms with Gasteiger partial charge in [0.05, 0.1) is 17.2 Å². The number of amides is 1. The molecular formula is C16H19N3O2S. The predicted octanol–water partition coefficient (Wildman–Crippen LogP) is 2.40. The highest BCUT2D eigenvalue weighted by Gasteiger charge is 2.27. The highest BCUT2D eigenvalue weighted by Crippen LogP contribution is 2.32. The van der Waals surface area contributed by atoms with Crippen molar-refractivity contribution in [2.75, 3.05) is 13.2 Å². The third-order valence-electron chi connectivity index (χ3n) is 4.20. The van der Waals surface area contributed by atoms with Crippen LogP contribution in [0.3, 0.4) is 0 Å². The number of carbonyl (C=O) groups excluding carboxylic acids is 1. The minimum absolute atomic E-state index is 0.0388. The smallest absolute Gasteiger partial charge is 0.261 e. The van der Waals surface area contributed by atoms with E-state index in [4.69, 9.17) is 9.84 Å². The van der Waals surface area contributed by atoms with Crippen molar-refractivity contribution < 1.29 is 9.53 Å². The summed E-state index contributed by atoms with van der Waals surface area (Å²) < 4.78 is 7.88. The molecule has 1 fully saturated rings. The van der Waals surface area contributed by atoms with Crippen molar-refractivity contribution in [1.82, 2.24) is 15.1 Å². The molecule has 2 aromatic rings. The maximum Gasteiger partial charge on any atom is 0.261 e. The standard InChI is InChI=1S/C16H19N3O2S/c20-16(14-2-1-7-22-14)17-8-13-15-12(5-6-21-13)10-19(18-15)9-11-3-4-11/h1-2,7,10-11,13H,3-6,8-9H2,(H,17,20)/t13-/m0/s1. The third kappa shape index (κ3) is 2.94. The Balaban J connectivity index is 1.42. The molecule has 1 N–H and O–H groups in total. The molecule has 0 saturated heterocycles. The van der Waals surface area contributed by atoms with Crippen LogP contribution >= 0.6 is 11.3 Å². The van der Waals surface area contributed by atoms with Crippen LogP contribution in [0, 0.1) is 5.92 Å². The van der Waals surface area contributed by atoms with Gasteiger partial charge in [0.1, 0.15) is 6.10 Å². The number of rotatable bonds is 5. The van der Waals surface area contributed by atoms with Crippen LogP contribution in [0.2, 0.25) is 0 Å². The second-order valence-corrected chi connectivity index (χ2v) is 6.95. The number of nitrogens with one attached hydrogen (secondary N) is 1. The molecular weight excluding hydrogens is 298 g/mol. The first-order valence-electron chi connectivity index (χ1n) is 7.79. The van der Waals surface area contributed by atoms with Crippen molar-refractivity contribution in [3.8, 4) is 0 Å². The van der Waals surface area contributed by atoms with Gasteiger partial charge in [-0.25, -0.2) is 0 Å². The summed E-state index contributed by atoms with van der Waals surface area (Å²) in [6, 6.07) is 3.71. The first-order chi connectivity index (χ1) is 10.8. The Morgan fingerprint density at radius 2 is 2.41 bits per heavy atom. The summed E-state index contributed by atoms with van der Waals surface area (Å²) >= 11 is 1.45. The van der Waals surface area contributed by atoms with Crippen molar-refractivity contribution in [2.24, 2.45) is 5.92 Å². The Kier molecular flexibility index (Phi) is 3.72. The molecule has 1 aliphatic carbocycles. The highest BCUT2D eigenvalue weighted by molar-refractivity contribution is 7.12. The van der Waals surface area contributed by atoms with Crippen molar-refractivity contribution in [3.05, 3.63) is 39.8 Å². The molecule has 2 aromatic heterocycles. The Morgan fingerprint density at radius 3 is 3.18 bits per heavy atom. The molecule has 2 aliphatic rings. The van der Waals surface area contributed by atoms with E-state index in [1.165, 1.54) is 29.7 Å². The van der Waals surface area contributed by atoms with Gasteiger partial charge >= 0.3 is 0 Å². The number of hydrogen-bond acceptors (Lipinski definition) is 4. The molecule has 116 valence electrons. The summed E-state index contributed by atoms with van der Waals surface area (Å²) in [6.45, 7) is 2.19. The summed E-state index contributed by atoms with van der Waals surface area (Å²) in [5.41, 5.74) is 2.26. The van der Waals surface area contributed by atoms with E-state index < -0.39 is 0 Å². The first kappa shape index (κ1) is 14.0. The van der Waals surface area contributed by atoms with Crippen LogP contribution in [0.1, 0.15) is 39.9 Å². The van der Waals surface area contributed by atoms with E-state index in [-0.39, 0.29) is 12.0 Å². The molecule has 0 aromatic carbocycles. The topological polar surface area (TPSA) is 56.1 Å². The zero-order valence-corrected chi connectivity index (χ0v) is 13.1. The quantitative estimate of drug-likeness (QED) is 0.921. The van der Waals surface area contributed by atoms with Gasteiger partial charge in [-0.1, -0.05) is 6.07 Å². The maximum atomic E-state index is 12.0. The lowest BCUT2D eigenvalue weighted by Crippen LogP contribution is -2.31. The molecule has 1 saturated carbocycles. The van der Waals surface area contributed by atoms with Crippen molar-refractivity contribution in [1.29, 1.82) is 0 Å². The summed E-state index contributed by atoms with van der Waals surface area (Å²) in [7, 11) is 0. The first-order valence-corrected chi connectivity index (χ1v) is 8.67. The molecule has 0 unspecified atom stereocenters. The van der Waals surface area contributed by atoms with Crippen LogP contribution in [-0.4, -0.2) is 28.8 Å². The van der Waals surface area contributed by atoms with Gasteiger partial charge in [-0.05, 0) is 42.2 Å². The van der Waals surface area contributed by atoms with Crippen LogP contribution in [0.5, 0.6) is 0 Å². The average Bonchev–Trinajstić information content (AvgIpc) is 3.03. The third-order valence-corrected chi connectivity index (χ3v) is 5.07. The van der Waals surface area contributed by atoms with E-state index in [2.05, 4.69) is 16.2 Å². The average molecular weight is 317 g/mol. The summed E-state index contributed by atoms with van der Waals surface area (Å²) in [5, 5.41) is 9.56. The molecule has 0 bridgehead atoms. The number of carbonyl (C=O) groups is 1. The van der Waals surface area contributed by atoms with Gasteiger partial charge in [0.25, 0.3) is 5.91 Å². The lowest BCUT2D eigenvalue weighted by atomic mass is 10.1. The molecule has 4 rings (SSSR count). The van der Waals surface area contributed by atoms with E-state index in [0.29, 0.717) is 13.2 Å². The van der Waals surface area contributed by atoms with Gasteiger partial charge in [-0.2, -0.15) is 5.10 Å². The van der Waals surface area contributed by atoms with E-state index in [1.807, 2.05) is 17.5 Å². The molecule has 1 atom stereocenters. The summed E-state index contributed by atoms with van der Waals surface area (Å²) in [4.78, 5) is 12.8. The fourth-order valence-electron chi connectivity index (χ4n) is 2.83. The van der Waals surface area contributed by atoms with Gasteiger partial charge in [-0.15, -0.1) is 11.3 Å². The van der Waals surface area contributed by atoms with Gasteiger partial charge in [0, 0.05) is 19.3 Å². The number of hydrogen-bond donors (Lipinski definition) is 1. The van der Waals surface area contributed by atoms with Gasteiger partial charge in [-0.3, -0.25) is 9.48 Å². The van der Waals surface area contributed by atoms with Crippen molar-refractivity contribution >= 4 is 17.2 Å². The number of ether oxygens (including phenoxy) is 1. The zero-order valence-electron chi connectivity index (χ0n) is 12.3. The lowest BCUT2D eigenvalue weighted by Gasteiger charge is -2.22. The van der Waals surface area contributed by atoms with Crippen molar-refractivity contribution in [3.63, 3.8) is 0 Å². The number of thiophene rings is 1. The lowest BCUT2D eigenvalue weighted by molar-refractivity contribution is 0.0383. The maximum absolute atomic E-state index is 12.0. The zero-order chi connectivity index (χ0) is 14.9. The highest BCUT2D eigenvalue weighted by atomic mass is 32.1. The van der Waals surface area contributed by atoms with Gasteiger partial charge in [0.2, 0.25) is 0 Å². The minimum Gasteiger partial charge on any atom is -0.370 e. The molecule has 22 heavy (non-hydrogen) atoms. The Hall–Kier alpha value is -1.66. The van der Waals surface area contributed by atoms with E-state index in [1.54, 1.807) is 0 Å². The SMILES string of the molecule is O=C(NC[C@@H]1OCCc2cn(CC3CC3)nc21)c1cccs1. The van der Waals surface area contributed by atoms with E-state index >= 15 is 0 Å². The van der Waals surface area contributed by atoms with Crippen LogP contribution < -0.4 is 5.32 Å². The van der Waals surface area contributed by atoms with Gasteiger partial charge in [0.15, 0.2) is 0 Å². The van der Waals surface area contributed by atoms with Gasteiger partial charge < -0.3 is 10.1 Å². The van der Waals surface area contributed by atoms with Crippen LogP contribution in [0.4, 0.5) is 0 Å². The molecule has 1 amide bonds. The Bertz CT molecular complexity index is 661. The van der Waals surface area contributed by atoms with Crippen LogP contribution in [-0.2, 0) is 17.7 Å². The predicted molar refractivity (Wildman–Crippen MR) is 84.0 cm³/mol. The van der Waals surface area contributed by atoms with Crippen LogP contribution in [0.25, 0.3) is 0 Å². The molecule has 1 aliphatic heterocycles. The molecule has 0 spiro atoms. The molecule has 0 radical (unpaired) electrons. The number of fused-ring (bicyclic) bond motifs is 1. The van der Waals surface area contributed by atoms with E-state index in [9.17, 15) is 4.79 Å². The Labute approximate surface area is 133 Å². The monoisotopic (exact) mass is 317 g/mol. The second-order valence-electron chi connectivity index (χ2n) is 6.00. The number of aromatic nitrogens is 2. The van der Waals surface area contributed by atoms with Crippen LogP contribution in [0.15, 0.2) is 23.7 Å². The summed E-state index contributed by atoms with van der Waals surface area (Å²) in [5.74, 6) is 0.766. The van der Waals surface area contributed by atoms with E-state index in [0.717, 1.165) is 29.5 Å².